The summed E-state index contributed by atoms with van der Waals surface area (Å²) in [5.74, 6) is 0. The molecule has 2 rings (SSSR count). The van der Waals surface area contributed by atoms with E-state index in [1.54, 1.807) is 12.1 Å². The van der Waals surface area contributed by atoms with Crippen molar-refractivity contribution in [3.8, 4) is 6.07 Å². The number of hydrogen-bond acceptors (Lipinski definition) is 2. The van der Waals surface area contributed by atoms with Crippen LogP contribution in [0.4, 0.5) is 0 Å². The van der Waals surface area contributed by atoms with Gasteiger partial charge in [0, 0.05) is 6.54 Å². The largest absolute Gasteiger partial charge is 0.337 e. The predicted octanol–water partition coefficient (Wildman–Crippen LogP) is 6.21. The molecule has 1 atom stereocenters. The van der Waals surface area contributed by atoms with Gasteiger partial charge in [-0.1, -0.05) is 70.9 Å². The topological polar surface area (TPSA) is 28.4 Å². The summed E-state index contributed by atoms with van der Waals surface area (Å²) < 4.78 is 0. The van der Waals surface area contributed by atoms with Crippen LogP contribution in [-0.4, -0.2) is 6.04 Å². The van der Waals surface area contributed by atoms with E-state index in [0.29, 0.717) is 33.2 Å². The summed E-state index contributed by atoms with van der Waals surface area (Å²) in [5, 5.41) is 5.54. The highest BCUT2D eigenvalue weighted by molar-refractivity contribution is 6.42. The lowest BCUT2D eigenvalue weighted by atomic mass is 10.2. The second kappa shape index (κ2) is 10.1. The first kappa shape index (κ1) is 20.2. The van der Waals surface area contributed by atoms with Crippen LogP contribution in [0.15, 0.2) is 36.4 Å². The van der Waals surface area contributed by atoms with Crippen LogP contribution in [0.2, 0.25) is 20.1 Å². The molecule has 0 heterocycles. The van der Waals surface area contributed by atoms with Crippen molar-refractivity contribution < 1.29 is 0 Å². The van der Waals surface area contributed by atoms with Gasteiger partial charge in [0.25, 0.3) is 0 Å². The van der Waals surface area contributed by atoms with E-state index in [1.807, 2.05) is 24.3 Å². The monoisotopic (exact) mass is 416 g/mol. The fraction of sp³-hybridized carbons (Fsp3) is 0.278. The van der Waals surface area contributed by atoms with Gasteiger partial charge in [-0.2, -0.15) is 0 Å². The van der Waals surface area contributed by atoms with Crippen LogP contribution >= 0.6 is 46.4 Å². The van der Waals surface area contributed by atoms with E-state index >= 15 is 0 Å². The van der Waals surface area contributed by atoms with E-state index in [0.717, 1.165) is 17.5 Å². The van der Waals surface area contributed by atoms with Crippen molar-refractivity contribution in [2.75, 3.05) is 0 Å². The van der Waals surface area contributed by atoms with Crippen LogP contribution in [0.25, 0.3) is 4.95 Å². The first-order valence-corrected chi connectivity index (χ1v) is 9.30. The average molecular weight is 418 g/mol. The Morgan fingerprint density at radius 2 is 1.44 bits per heavy atom. The molecule has 0 saturated heterocycles. The van der Waals surface area contributed by atoms with Gasteiger partial charge < -0.3 is 0 Å². The fourth-order valence-electron chi connectivity index (χ4n) is 2.08. The molecule has 132 valence electrons. The molecule has 2 N–H and O–H groups in total. The highest BCUT2D eigenvalue weighted by Gasteiger charge is 2.10. The molecule has 0 amide bonds. The number of benzene rings is 2. The van der Waals surface area contributed by atoms with Crippen LogP contribution in [-0.2, 0) is 13.1 Å². The van der Waals surface area contributed by atoms with Crippen molar-refractivity contribution in [2.24, 2.45) is 0 Å². The second-order valence-corrected chi connectivity index (χ2v) is 7.04. The molecular formula is C18H18Cl4N3+. The molecule has 0 aliphatic carbocycles. The van der Waals surface area contributed by atoms with Crippen LogP contribution < -0.4 is 10.7 Å². The summed E-state index contributed by atoms with van der Waals surface area (Å²) in [5.41, 5.74) is 5.01. The van der Waals surface area contributed by atoms with E-state index < -0.39 is 0 Å². The van der Waals surface area contributed by atoms with Gasteiger partial charge in [0.05, 0.1) is 25.0 Å². The number of nitrogens with one attached hydrogen (secondary N) is 2. The van der Waals surface area contributed by atoms with Crippen molar-refractivity contribution in [3.63, 3.8) is 0 Å². The summed E-state index contributed by atoms with van der Waals surface area (Å²) >= 11 is 23.8. The maximum absolute atomic E-state index is 6.02. The van der Waals surface area contributed by atoms with Crippen molar-refractivity contribution in [2.45, 2.75) is 32.5 Å². The van der Waals surface area contributed by atoms with E-state index in [9.17, 15) is 0 Å². The summed E-state index contributed by atoms with van der Waals surface area (Å²) in [6.07, 6.45) is 0.860. The number of rotatable bonds is 6. The minimum absolute atomic E-state index is 0.0239. The first-order chi connectivity index (χ1) is 12.0. The average Bonchev–Trinajstić information content (AvgIpc) is 2.60. The Kier molecular flexibility index (Phi) is 8.15. The SMILES string of the molecule is CCC(C#[N+]NCc1ccc(Cl)c(Cl)c1)NCc1ccc(Cl)c(Cl)c1. The maximum Gasteiger partial charge on any atom is 0.337 e. The molecule has 0 aliphatic heterocycles. The fourth-order valence-corrected chi connectivity index (χ4v) is 2.72. The van der Waals surface area contributed by atoms with E-state index in [-0.39, 0.29) is 6.04 Å². The summed E-state index contributed by atoms with van der Waals surface area (Å²) in [6, 6.07) is 14.1. The predicted molar refractivity (Wildman–Crippen MR) is 108 cm³/mol. The quantitative estimate of drug-likeness (QED) is 0.547. The molecule has 3 nitrogen and oxygen atoms in total. The minimum atomic E-state index is 0.0239. The highest BCUT2D eigenvalue weighted by atomic mass is 35.5. The normalized spacial score (nSPS) is 11.6. The molecule has 1 unspecified atom stereocenters. The second-order valence-electron chi connectivity index (χ2n) is 5.41. The van der Waals surface area contributed by atoms with Gasteiger partial charge >= 0.3 is 6.07 Å². The Bertz CT molecular complexity index is 784. The molecule has 0 radical (unpaired) electrons. The molecule has 25 heavy (non-hydrogen) atoms. The summed E-state index contributed by atoms with van der Waals surface area (Å²) in [4.78, 5) is 4.15. The molecule has 2 aromatic carbocycles. The Morgan fingerprint density at radius 3 is 1.96 bits per heavy atom. The number of nitrogens with zero attached hydrogens (tertiary/aromatic N) is 1. The number of hydrogen-bond donors (Lipinski definition) is 2. The third kappa shape index (κ3) is 6.58. The first-order valence-electron chi connectivity index (χ1n) is 7.79. The van der Waals surface area contributed by atoms with Crippen LogP contribution in [0.5, 0.6) is 0 Å². The zero-order valence-corrected chi connectivity index (χ0v) is 16.6. The molecule has 7 heteroatoms. The van der Waals surface area contributed by atoms with E-state index in [1.165, 1.54) is 0 Å². The Hall–Kier alpha value is -1.15. The van der Waals surface area contributed by atoms with Gasteiger partial charge in [0.1, 0.15) is 12.6 Å². The molecule has 0 bridgehead atoms. The van der Waals surface area contributed by atoms with Crippen molar-refractivity contribution >= 4 is 46.4 Å². The van der Waals surface area contributed by atoms with Gasteiger partial charge in [-0.15, -0.1) is 0 Å². The maximum atomic E-state index is 6.02. The van der Waals surface area contributed by atoms with Crippen molar-refractivity contribution in [1.82, 2.24) is 10.7 Å². The lowest BCUT2D eigenvalue weighted by Gasteiger charge is -2.07. The van der Waals surface area contributed by atoms with E-state index in [2.05, 4.69) is 28.7 Å². The minimum Gasteiger partial charge on any atom is -0.294 e. The Morgan fingerprint density at radius 1 is 0.880 bits per heavy atom. The standard InChI is InChI=1S/C18H18Cl4N3/c1-2-14(23-9-12-3-5-15(19)17(21)7-12)11-25-24-10-13-4-6-16(20)18(22)8-13/h3-8,14,23-24H,2,9-10H2,1H3/q+1. The Labute approximate surface area is 168 Å². The van der Waals surface area contributed by atoms with Gasteiger partial charge in [-0.3, -0.25) is 5.32 Å². The third-order valence-corrected chi connectivity index (χ3v) is 4.99. The molecule has 0 fully saturated rings. The summed E-state index contributed by atoms with van der Waals surface area (Å²) in [6.45, 7) is 3.27. The zero-order valence-electron chi connectivity index (χ0n) is 13.6. The molecule has 2 aromatic rings. The smallest absolute Gasteiger partial charge is 0.294 e. The molecule has 0 saturated carbocycles. The third-order valence-electron chi connectivity index (χ3n) is 3.51. The van der Waals surface area contributed by atoms with Crippen LogP contribution in [0.1, 0.15) is 24.5 Å². The van der Waals surface area contributed by atoms with Crippen LogP contribution in [0.3, 0.4) is 0 Å². The van der Waals surface area contributed by atoms with Crippen molar-refractivity contribution in [1.29, 1.82) is 0 Å². The van der Waals surface area contributed by atoms with Crippen molar-refractivity contribution in [3.05, 3.63) is 72.6 Å². The molecule has 0 aromatic heterocycles. The molecular weight excluding hydrogens is 400 g/mol. The zero-order chi connectivity index (χ0) is 18.2. The highest BCUT2D eigenvalue weighted by Crippen LogP contribution is 2.23. The van der Waals surface area contributed by atoms with Crippen LogP contribution in [0, 0.1) is 6.07 Å². The summed E-state index contributed by atoms with van der Waals surface area (Å²) in [7, 11) is 0. The lowest BCUT2D eigenvalue weighted by molar-refractivity contribution is 0.590. The molecule has 0 aliphatic rings. The van der Waals surface area contributed by atoms with Gasteiger partial charge in [-0.25, -0.2) is 0 Å². The number of halogens is 4. The molecule has 0 spiro atoms. The van der Waals surface area contributed by atoms with E-state index in [4.69, 9.17) is 46.4 Å². The van der Waals surface area contributed by atoms with Gasteiger partial charge in [-0.05, 0) is 41.8 Å². The Balaban J connectivity index is 1.84. The van der Waals surface area contributed by atoms with Gasteiger partial charge in [0.2, 0.25) is 0 Å². The van der Waals surface area contributed by atoms with Gasteiger partial charge in [0.15, 0.2) is 0 Å². The lowest BCUT2D eigenvalue weighted by Crippen LogP contribution is -2.26.